The molecule has 8 heteroatoms. The molecule has 1 aromatic rings. The van der Waals surface area contributed by atoms with Gasteiger partial charge in [0.25, 0.3) is 0 Å². The Hall–Kier alpha value is -2.45. The Morgan fingerprint density at radius 2 is 1.93 bits per heavy atom. The number of amides is 3. The highest BCUT2D eigenvalue weighted by molar-refractivity contribution is 5.93. The van der Waals surface area contributed by atoms with Crippen LogP contribution in [-0.2, 0) is 20.9 Å². The molecular formula is C22H32N4O4. The number of nitrogens with one attached hydrogen (secondary N) is 3. The van der Waals surface area contributed by atoms with Crippen molar-refractivity contribution < 1.29 is 19.5 Å². The number of carbonyl (C=O) groups excluding carboxylic acids is 3. The van der Waals surface area contributed by atoms with E-state index in [2.05, 4.69) is 16.0 Å². The second-order valence-corrected chi connectivity index (χ2v) is 8.09. The van der Waals surface area contributed by atoms with Crippen LogP contribution in [0.1, 0.15) is 44.6 Å². The average molecular weight is 417 g/mol. The van der Waals surface area contributed by atoms with Gasteiger partial charge in [0.05, 0.1) is 12.6 Å². The molecule has 164 valence electrons. The number of carbonyl (C=O) groups is 3. The molecule has 30 heavy (non-hydrogen) atoms. The summed E-state index contributed by atoms with van der Waals surface area (Å²) in [5.74, 6) is -0.582. The summed E-state index contributed by atoms with van der Waals surface area (Å²) < 4.78 is 0. The number of hydrogen-bond acceptors (Lipinski definition) is 5. The van der Waals surface area contributed by atoms with E-state index in [1.807, 2.05) is 30.3 Å². The van der Waals surface area contributed by atoms with Crippen LogP contribution in [-0.4, -0.2) is 65.0 Å². The third-order valence-corrected chi connectivity index (χ3v) is 5.97. The van der Waals surface area contributed by atoms with Crippen LogP contribution in [0.3, 0.4) is 0 Å². The number of benzene rings is 1. The van der Waals surface area contributed by atoms with Gasteiger partial charge in [0.2, 0.25) is 17.7 Å². The normalized spacial score (nSPS) is 24.7. The molecule has 2 saturated heterocycles. The van der Waals surface area contributed by atoms with E-state index < -0.39 is 18.1 Å². The topological polar surface area (TPSA) is 111 Å². The van der Waals surface area contributed by atoms with E-state index in [-0.39, 0.29) is 30.4 Å². The highest BCUT2D eigenvalue weighted by atomic mass is 16.3. The minimum absolute atomic E-state index is 0.0526. The van der Waals surface area contributed by atoms with E-state index in [4.69, 9.17) is 5.11 Å². The van der Waals surface area contributed by atoms with Crippen molar-refractivity contribution in [3.63, 3.8) is 0 Å². The molecule has 0 radical (unpaired) electrons. The summed E-state index contributed by atoms with van der Waals surface area (Å²) in [6.45, 7) is 2.38. The summed E-state index contributed by atoms with van der Waals surface area (Å²) in [6, 6.07) is 8.11. The van der Waals surface area contributed by atoms with E-state index in [0.29, 0.717) is 25.9 Å². The van der Waals surface area contributed by atoms with E-state index >= 15 is 0 Å². The fraction of sp³-hybridized carbons (Fsp3) is 0.591. The Morgan fingerprint density at radius 1 is 1.17 bits per heavy atom. The van der Waals surface area contributed by atoms with E-state index in [9.17, 15) is 14.4 Å². The minimum Gasteiger partial charge on any atom is -0.395 e. The first-order valence-corrected chi connectivity index (χ1v) is 10.8. The Labute approximate surface area is 177 Å². The summed E-state index contributed by atoms with van der Waals surface area (Å²) in [5.41, 5.74) is 1.01. The lowest BCUT2D eigenvalue weighted by Crippen LogP contribution is -2.56. The number of hydrogen-bond donors (Lipinski definition) is 4. The fourth-order valence-corrected chi connectivity index (χ4v) is 4.33. The molecule has 2 aliphatic rings. The molecule has 1 aromatic carbocycles. The zero-order valence-electron chi connectivity index (χ0n) is 17.5. The van der Waals surface area contributed by atoms with Crippen LogP contribution in [0.25, 0.3) is 0 Å². The zero-order valence-corrected chi connectivity index (χ0v) is 17.5. The van der Waals surface area contributed by atoms with Crippen LogP contribution < -0.4 is 16.0 Å². The molecule has 4 N–H and O–H groups in total. The van der Waals surface area contributed by atoms with Gasteiger partial charge in [-0.15, -0.1) is 0 Å². The molecule has 3 amide bonds. The van der Waals surface area contributed by atoms with Crippen molar-refractivity contribution in [1.82, 2.24) is 20.9 Å². The maximum atomic E-state index is 13.3. The highest BCUT2D eigenvalue weighted by Crippen LogP contribution is 2.32. The predicted octanol–water partition coefficient (Wildman–Crippen LogP) is 0.302. The molecule has 0 aliphatic carbocycles. The lowest BCUT2D eigenvalue weighted by molar-refractivity contribution is -0.142. The van der Waals surface area contributed by atoms with Crippen molar-refractivity contribution in [2.45, 2.75) is 69.7 Å². The summed E-state index contributed by atoms with van der Waals surface area (Å²) in [7, 11) is 0. The lowest BCUT2D eigenvalue weighted by atomic mass is 10.1. The van der Waals surface area contributed by atoms with Crippen LogP contribution in [0.5, 0.6) is 0 Å². The summed E-state index contributed by atoms with van der Waals surface area (Å²) in [4.78, 5) is 40.3. The quantitative estimate of drug-likeness (QED) is 0.487. The predicted molar refractivity (Wildman–Crippen MR) is 112 cm³/mol. The van der Waals surface area contributed by atoms with E-state index in [1.54, 1.807) is 11.8 Å². The first-order chi connectivity index (χ1) is 14.5. The van der Waals surface area contributed by atoms with Crippen molar-refractivity contribution in [1.29, 1.82) is 0 Å². The van der Waals surface area contributed by atoms with Gasteiger partial charge < -0.3 is 26.0 Å². The monoisotopic (exact) mass is 416 g/mol. The van der Waals surface area contributed by atoms with Gasteiger partial charge in [-0.05, 0) is 44.6 Å². The van der Waals surface area contributed by atoms with Crippen LogP contribution >= 0.6 is 0 Å². The zero-order chi connectivity index (χ0) is 21.5. The van der Waals surface area contributed by atoms with Gasteiger partial charge in [0, 0.05) is 19.1 Å². The Balaban J connectivity index is 1.62. The Kier molecular flexibility index (Phi) is 7.81. The molecule has 4 atom stereocenters. The van der Waals surface area contributed by atoms with Gasteiger partial charge in [-0.25, -0.2) is 0 Å². The van der Waals surface area contributed by atoms with Crippen molar-refractivity contribution in [2.24, 2.45) is 0 Å². The molecule has 2 aliphatic heterocycles. The number of rotatable bonds is 8. The molecule has 2 heterocycles. The van der Waals surface area contributed by atoms with Gasteiger partial charge in [0.15, 0.2) is 0 Å². The van der Waals surface area contributed by atoms with Crippen LogP contribution in [0, 0.1) is 0 Å². The van der Waals surface area contributed by atoms with Crippen LogP contribution in [0.4, 0.5) is 0 Å². The first-order valence-electron chi connectivity index (χ1n) is 10.8. The Morgan fingerprint density at radius 3 is 2.67 bits per heavy atom. The molecule has 0 aromatic heterocycles. The average Bonchev–Trinajstić information content (AvgIpc) is 3.12. The molecule has 3 rings (SSSR count). The number of fused-ring (bicyclic) bond motifs is 1. The van der Waals surface area contributed by atoms with Crippen molar-refractivity contribution in [3.05, 3.63) is 35.9 Å². The van der Waals surface area contributed by atoms with Crippen LogP contribution in [0.2, 0.25) is 0 Å². The molecule has 0 unspecified atom stereocenters. The SMILES string of the molecule is C[C@H](NCCO)C(=O)N[C@H]1CCC[C@H]2CC[C@@H](C(=O)NCc3ccccc3)N2C1=O. The van der Waals surface area contributed by atoms with Crippen LogP contribution in [0.15, 0.2) is 30.3 Å². The molecule has 8 nitrogen and oxygen atoms in total. The third-order valence-electron chi connectivity index (χ3n) is 5.97. The summed E-state index contributed by atoms with van der Waals surface area (Å²) in [5, 5.41) is 17.6. The molecule has 0 bridgehead atoms. The highest BCUT2D eigenvalue weighted by Gasteiger charge is 2.44. The summed E-state index contributed by atoms with van der Waals surface area (Å²) in [6.07, 6.45) is 3.70. The standard InChI is InChI=1S/C22H32N4O4/c1-15(23-12-13-27)20(28)25-18-9-5-8-17-10-11-19(26(17)22(18)30)21(29)24-14-16-6-3-2-4-7-16/h2-4,6-7,15,17-19,23,27H,5,8-14H2,1H3,(H,24,29)(H,25,28)/t15-,17-,18-,19-/m0/s1. The molecule has 2 fully saturated rings. The summed E-state index contributed by atoms with van der Waals surface area (Å²) >= 11 is 0. The molecule has 0 spiro atoms. The number of nitrogens with zero attached hydrogens (tertiary/aromatic N) is 1. The lowest BCUT2D eigenvalue weighted by Gasteiger charge is -2.31. The molecular weight excluding hydrogens is 384 g/mol. The van der Waals surface area contributed by atoms with Gasteiger partial charge in [-0.3, -0.25) is 14.4 Å². The van der Waals surface area contributed by atoms with Crippen molar-refractivity contribution in [2.75, 3.05) is 13.2 Å². The Bertz CT molecular complexity index is 742. The van der Waals surface area contributed by atoms with Gasteiger partial charge in [0.1, 0.15) is 12.1 Å². The number of aliphatic hydroxyl groups is 1. The smallest absolute Gasteiger partial charge is 0.246 e. The van der Waals surface area contributed by atoms with E-state index in [0.717, 1.165) is 24.8 Å². The maximum Gasteiger partial charge on any atom is 0.246 e. The van der Waals surface area contributed by atoms with Gasteiger partial charge in [-0.2, -0.15) is 0 Å². The van der Waals surface area contributed by atoms with E-state index in [1.165, 1.54) is 0 Å². The van der Waals surface area contributed by atoms with Gasteiger partial charge in [-0.1, -0.05) is 30.3 Å². The minimum atomic E-state index is -0.622. The van der Waals surface area contributed by atoms with Crippen molar-refractivity contribution in [3.8, 4) is 0 Å². The fourth-order valence-electron chi connectivity index (χ4n) is 4.33. The largest absolute Gasteiger partial charge is 0.395 e. The number of aliphatic hydroxyl groups excluding tert-OH is 1. The second kappa shape index (κ2) is 10.5. The first kappa shape index (κ1) is 22.2. The molecule has 0 saturated carbocycles. The third kappa shape index (κ3) is 5.37. The maximum absolute atomic E-state index is 13.3. The van der Waals surface area contributed by atoms with Gasteiger partial charge >= 0.3 is 0 Å². The van der Waals surface area contributed by atoms with Crippen molar-refractivity contribution >= 4 is 17.7 Å². The second-order valence-electron chi connectivity index (χ2n) is 8.09.